The van der Waals surface area contributed by atoms with Gasteiger partial charge in [-0.3, -0.25) is 14.7 Å². The first-order valence-electron chi connectivity index (χ1n) is 10.2. The predicted molar refractivity (Wildman–Crippen MR) is 128 cm³/mol. The van der Waals surface area contributed by atoms with Crippen molar-refractivity contribution in [2.75, 3.05) is 4.90 Å². The second-order valence-electron chi connectivity index (χ2n) is 7.75. The Balaban J connectivity index is 1.74. The maximum Gasteiger partial charge on any atom is 0.260 e. The summed E-state index contributed by atoms with van der Waals surface area (Å²) >= 11 is 1.44. The lowest BCUT2D eigenvalue weighted by Crippen LogP contribution is -2.30. The Morgan fingerprint density at radius 3 is 2.41 bits per heavy atom. The van der Waals surface area contributed by atoms with Gasteiger partial charge in [0.25, 0.3) is 5.91 Å². The lowest BCUT2D eigenvalue weighted by atomic mass is 10.2. The Morgan fingerprint density at radius 2 is 1.78 bits per heavy atom. The highest BCUT2D eigenvalue weighted by molar-refractivity contribution is 7.92. The Labute approximate surface area is 191 Å². The summed E-state index contributed by atoms with van der Waals surface area (Å²) in [5, 5.41) is 0.0412. The maximum absolute atomic E-state index is 13.5. The molecule has 2 heterocycles. The van der Waals surface area contributed by atoms with Crippen molar-refractivity contribution in [1.29, 1.82) is 0 Å². The van der Waals surface area contributed by atoms with E-state index >= 15 is 0 Å². The number of rotatable bonds is 6. The summed E-state index contributed by atoms with van der Waals surface area (Å²) in [7, 11) is -3.41. The standard InChI is InChI=1S/C24H23N3O3S2/c1-16(2)32(29,30)20-12-10-18(11-13-20)23(28)27(15-19-8-4-5-14-25-19)24-26-22-17(3)7-6-9-21(22)31-24/h4-14,16H,15H2,1-3H3. The van der Waals surface area contributed by atoms with Gasteiger partial charge in [0, 0.05) is 11.8 Å². The average Bonchev–Trinajstić information content (AvgIpc) is 3.23. The van der Waals surface area contributed by atoms with Gasteiger partial charge in [-0.05, 0) is 68.8 Å². The highest BCUT2D eigenvalue weighted by atomic mass is 32.2. The molecular formula is C24H23N3O3S2. The molecule has 0 N–H and O–H groups in total. The van der Waals surface area contributed by atoms with Crippen LogP contribution in [0, 0.1) is 6.92 Å². The number of sulfone groups is 1. The average molecular weight is 466 g/mol. The van der Waals surface area contributed by atoms with E-state index in [1.807, 2.05) is 43.3 Å². The molecule has 0 saturated heterocycles. The summed E-state index contributed by atoms with van der Waals surface area (Å²) < 4.78 is 25.9. The number of benzene rings is 2. The maximum atomic E-state index is 13.5. The molecule has 4 aromatic rings. The van der Waals surface area contributed by atoms with Crippen LogP contribution in [0.15, 0.2) is 71.8 Å². The topological polar surface area (TPSA) is 80.2 Å². The molecule has 2 aromatic heterocycles. The molecule has 164 valence electrons. The van der Waals surface area contributed by atoms with E-state index in [0.717, 1.165) is 21.5 Å². The van der Waals surface area contributed by atoms with Crippen LogP contribution < -0.4 is 4.90 Å². The van der Waals surface area contributed by atoms with E-state index in [1.54, 1.807) is 37.1 Å². The van der Waals surface area contributed by atoms with Gasteiger partial charge < -0.3 is 0 Å². The minimum atomic E-state index is -3.41. The molecule has 8 heteroatoms. The van der Waals surface area contributed by atoms with Gasteiger partial charge in [0.2, 0.25) is 0 Å². The van der Waals surface area contributed by atoms with Gasteiger partial charge in [-0.1, -0.05) is 29.5 Å². The van der Waals surface area contributed by atoms with E-state index < -0.39 is 15.1 Å². The molecule has 0 spiro atoms. The number of hydrogen-bond donors (Lipinski definition) is 0. The molecule has 32 heavy (non-hydrogen) atoms. The van der Waals surface area contributed by atoms with Gasteiger partial charge in [0.05, 0.1) is 32.6 Å². The lowest BCUT2D eigenvalue weighted by Gasteiger charge is -2.20. The van der Waals surface area contributed by atoms with E-state index in [1.165, 1.54) is 23.5 Å². The molecule has 0 bridgehead atoms. The molecule has 0 aliphatic rings. The van der Waals surface area contributed by atoms with E-state index in [-0.39, 0.29) is 17.3 Å². The van der Waals surface area contributed by atoms with Crippen LogP contribution in [0.2, 0.25) is 0 Å². The number of carbonyl (C=O) groups is 1. The number of para-hydroxylation sites is 1. The number of aromatic nitrogens is 2. The first-order valence-corrected chi connectivity index (χ1v) is 12.6. The van der Waals surface area contributed by atoms with Gasteiger partial charge in [-0.2, -0.15) is 0 Å². The Kier molecular flexibility index (Phi) is 6.08. The predicted octanol–water partition coefficient (Wildman–Crippen LogP) is 5.03. The molecule has 0 fully saturated rings. The van der Waals surface area contributed by atoms with Crippen molar-refractivity contribution in [3.8, 4) is 0 Å². The highest BCUT2D eigenvalue weighted by Crippen LogP contribution is 2.32. The van der Waals surface area contributed by atoms with Crippen LogP contribution in [0.5, 0.6) is 0 Å². The molecule has 0 radical (unpaired) electrons. The smallest absolute Gasteiger partial charge is 0.260 e. The zero-order chi connectivity index (χ0) is 22.9. The molecule has 0 saturated carbocycles. The number of aryl methyl sites for hydroxylation is 1. The van der Waals surface area contributed by atoms with Gasteiger partial charge in [0.1, 0.15) is 0 Å². The molecule has 1 amide bonds. The summed E-state index contributed by atoms with van der Waals surface area (Å²) in [6, 6.07) is 17.6. The number of thiazole rings is 1. The van der Waals surface area contributed by atoms with Crippen molar-refractivity contribution < 1.29 is 13.2 Å². The van der Waals surface area contributed by atoms with Crippen LogP contribution in [-0.4, -0.2) is 29.5 Å². The number of amides is 1. The van der Waals surface area contributed by atoms with E-state index in [4.69, 9.17) is 4.98 Å². The summed E-state index contributed by atoms with van der Waals surface area (Å²) in [4.78, 5) is 24.4. The Bertz CT molecular complexity index is 1360. The van der Waals surface area contributed by atoms with Crippen molar-refractivity contribution in [3.05, 3.63) is 83.7 Å². The Morgan fingerprint density at radius 1 is 1.03 bits per heavy atom. The minimum Gasteiger partial charge on any atom is -0.278 e. The minimum absolute atomic E-state index is 0.205. The highest BCUT2D eigenvalue weighted by Gasteiger charge is 2.24. The molecule has 2 aromatic carbocycles. The summed E-state index contributed by atoms with van der Waals surface area (Å²) in [5.74, 6) is -0.263. The van der Waals surface area contributed by atoms with Crippen molar-refractivity contribution in [3.63, 3.8) is 0 Å². The number of nitrogens with zero attached hydrogens (tertiary/aromatic N) is 3. The van der Waals surface area contributed by atoms with Gasteiger partial charge in [-0.25, -0.2) is 13.4 Å². The van der Waals surface area contributed by atoms with E-state index in [2.05, 4.69) is 4.98 Å². The fourth-order valence-corrected chi connectivity index (χ4v) is 5.39. The van der Waals surface area contributed by atoms with E-state index in [0.29, 0.717) is 10.7 Å². The Hall–Kier alpha value is -3.10. The van der Waals surface area contributed by atoms with Crippen LogP contribution in [-0.2, 0) is 16.4 Å². The summed E-state index contributed by atoms with van der Waals surface area (Å²) in [6.07, 6.45) is 1.69. The fourth-order valence-electron chi connectivity index (χ4n) is 3.29. The number of fused-ring (bicyclic) bond motifs is 1. The fraction of sp³-hybridized carbons (Fsp3) is 0.208. The van der Waals surface area contributed by atoms with Crippen LogP contribution >= 0.6 is 11.3 Å². The molecule has 0 atom stereocenters. The number of carbonyl (C=O) groups excluding carboxylic acids is 1. The summed E-state index contributed by atoms with van der Waals surface area (Å²) in [6.45, 7) is 5.52. The number of pyridine rings is 1. The van der Waals surface area contributed by atoms with Crippen LogP contribution in [0.25, 0.3) is 10.2 Å². The molecule has 0 aliphatic carbocycles. The largest absolute Gasteiger partial charge is 0.278 e. The first-order chi connectivity index (χ1) is 15.3. The normalized spacial score (nSPS) is 11.8. The molecule has 4 rings (SSSR count). The van der Waals surface area contributed by atoms with Crippen molar-refractivity contribution >= 4 is 42.4 Å². The molecular weight excluding hydrogens is 442 g/mol. The quantitative estimate of drug-likeness (QED) is 0.399. The zero-order valence-corrected chi connectivity index (χ0v) is 19.7. The van der Waals surface area contributed by atoms with E-state index in [9.17, 15) is 13.2 Å². The first kappa shape index (κ1) is 22.1. The molecule has 0 unspecified atom stereocenters. The third-order valence-corrected chi connectivity index (χ3v) is 8.40. The third-order valence-electron chi connectivity index (χ3n) is 5.18. The van der Waals surface area contributed by atoms with Crippen molar-refractivity contribution in [1.82, 2.24) is 9.97 Å². The number of hydrogen-bond acceptors (Lipinski definition) is 6. The molecule has 6 nitrogen and oxygen atoms in total. The lowest BCUT2D eigenvalue weighted by molar-refractivity contribution is 0.0984. The van der Waals surface area contributed by atoms with Crippen molar-refractivity contribution in [2.45, 2.75) is 37.5 Å². The van der Waals surface area contributed by atoms with Crippen LogP contribution in [0.3, 0.4) is 0 Å². The van der Waals surface area contributed by atoms with Crippen LogP contribution in [0.1, 0.15) is 35.5 Å². The van der Waals surface area contributed by atoms with Gasteiger partial charge in [0.15, 0.2) is 15.0 Å². The second-order valence-corrected chi connectivity index (χ2v) is 11.3. The summed E-state index contributed by atoms with van der Waals surface area (Å²) in [5.41, 5.74) is 3.03. The molecule has 0 aliphatic heterocycles. The third kappa shape index (κ3) is 4.28. The zero-order valence-electron chi connectivity index (χ0n) is 18.0. The van der Waals surface area contributed by atoms with Gasteiger partial charge in [-0.15, -0.1) is 0 Å². The second kappa shape index (κ2) is 8.80. The van der Waals surface area contributed by atoms with Gasteiger partial charge >= 0.3 is 0 Å². The monoisotopic (exact) mass is 465 g/mol. The SMILES string of the molecule is Cc1cccc2sc(N(Cc3ccccn3)C(=O)c3ccc(S(=O)(=O)C(C)C)cc3)nc12. The number of anilines is 1. The van der Waals surface area contributed by atoms with Crippen molar-refractivity contribution in [2.24, 2.45) is 0 Å². The van der Waals surface area contributed by atoms with Crippen LogP contribution in [0.4, 0.5) is 5.13 Å².